The van der Waals surface area contributed by atoms with Crippen molar-refractivity contribution >= 4 is 11.9 Å². The van der Waals surface area contributed by atoms with E-state index in [4.69, 9.17) is 9.47 Å². The minimum atomic E-state index is -0.571. The first kappa shape index (κ1) is 22.8. The van der Waals surface area contributed by atoms with Crippen LogP contribution >= 0.6 is 0 Å². The van der Waals surface area contributed by atoms with E-state index in [0.29, 0.717) is 18.7 Å². The Morgan fingerprint density at radius 2 is 1.81 bits per heavy atom. The first-order chi connectivity index (χ1) is 14.9. The molecule has 0 aromatic heterocycles. The number of esters is 1. The quantitative estimate of drug-likeness (QED) is 0.650. The van der Waals surface area contributed by atoms with E-state index in [1.165, 1.54) is 7.11 Å². The van der Waals surface area contributed by atoms with Gasteiger partial charge in [0.2, 0.25) is 5.91 Å². The third-order valence-corrected chi connectivity index (χ3v) is 6.08. The van der Waals surface area contributed by atoms with Crippen LogP contribution in [0.1, 0.15) is 55.1 Å². The van der Waals surface area contributed by atoms with E-state index in [-0.39, 0.29) is 17.9 Å². The van der Waals surface area contributed by atoms with E-state index in [2.05, 4.69) is 10.2 Å². The van der Waals surface area contributed by atoms with Crippen LogP contribution in [-0.2, 0) is 9.53 Å². The van der Waals surface area contributed by atoms with Crippen LogP contribution in [0.25, 0.3) is 0 Å². The average Bonchev–Trinajstić information content (AvgIpc) is 2.80. The van der Waals surface area contributed by atoms with Gasteiger partial charge in [-0.05, 0) is 69.5 Å². The van der Waals surface area contributed by atoms with Crippen molar-refractivity contribution in [3.05, 3.63) is 65.7 Å². The van der Waals surface area contributed by atoms with Gasteiger partial charge in [-0.15, -0.1) is 0 Å². The molecule has 2 aromatic rings. The molecule has 0 radical (unpaired) electrons. The van der Waals surface area contributed by atoms with Crippen molar-refractivity contribution in [2.45, 2.75) is 44.7 Å². The van der Waals surface area contributed by atoms with Gasteiger partial charge < -0.3 is 14.8 Å². The number of methoxy groups -OCH3 is 1. The fourth-order valence-electron chi connectivity index (χ4n) is 4.04. The number of carbonyl (C=O) groups excluding carboxylic acids is 2. The van der Waals surface area contributed by atoms with Crippen LogP contribution in [0.3, 0.4) is 0 Å². The molecule has 1 aliphatic heterocycles. The summed E-state index contributed by atoms with van der Waals surface area (Å²) in [6, 6.07) is 16.7. The van der Waals surface area contributed by atoms with Crippen LogP contribution in [-0.4, -0.2) is 49.1 Å². The van der Waals surface area contributed by atoms with Crippen molar-refractivity contribution in [2.24, 2.45) is 0 Å². The molecular weight excluding hydrogens is 392 g/mol. The maximum Gasteiger partial charge on any atom is 0.337 e. The summed E-state index contributed by atoms with van der Waals surface area (Å²) >= 11 is 0. The molecule has 0 spiro atoms. The molecule has 6 nitrogen and oxygen atoms in total. The molecule has 0 saturated carbocycles. The predicted molar refractivity (Wildman–Crippen MR) is 120 cm³/mol. The van der Waals surface area contributed by atoms with Crippen LogP contribution in [0.15, 0.2) is 54.6 Å². The lowest BCUT2D eigenvalue weighted by Crippen LogP contribution is -2.60. The van der Waals surface area contributed by atoms with Gasteiger partial charge in [-0.3, -0.25) is 9.69 Å². The number of para-hydroxylation sites is 1. The summed E-state index contributed by atoms with van der Waals surface area (Å²) in [5.41, 5.74) is 0.867. The monoisotopic (exact) mass is 424 g/mol. The van der Waals surface area contributed by atoms with E-state index in [0.717, 1.165) is 37.1 Å². The lowest BCUT2D eigenvalue weighted by Gasteiger charge is -2.44. The third-order valence-electron chi connectivity index (χ3n) is 6.08. The molecule has 1 aliphatic rings. The minimum Gasteiger partial charge on any atom is -0.492 e. The molecule has 1 fully saturated rings. The smallest absolute Gasteiger partial charge is 0.337 e. The van der Waals surface area contributed by atoms with Crippen molar-refractivity contribution in [1.29, 1.82) is 0 Å². The zero-order chi connectivity index (χ0) is 22.3. The number of piperidine rings is 1. The average molecular weight is 425 g/mol. The van der Waals surface area contributed by atoms with E-state index in [1.807, 2.05) is 56.3 Å². The number of hydrogen-bond donors (Lipinski definition) is 1. The Morgan fingerprint density at radius 3 is 2.48 bits per heavy atom. The Labute approximate surface area is 184 Å². The molecule has 1 heterocycles. The van der Waals surface area contributed by atoms with Gasteiger partial charge >= 0.3 is 5.97 Å². The molecule has 31 heavy (non-hydrogen) atoms. The van der Waals surface area contributed by atoms with E-state index < -0.39 is 5.54 Å². The van der Waals surface area contributed by atoms with Crippen LogP contribution in [0.4, 0.5) is 0 Å². The lowest BCUT2D eigenvalue weighted by atomic mass is 9.87. The molecule has 1 amide bonds. The standard InChI is InChI=1S/C25H32N2O4/c1-19(20-11-13-21(14-12-20)23(28)30-3)26-24(29)25(2)15-7-8-16-27(25)17-18-31-22-9-5-4-6-10-22/h4-6,9-14,19H,7-8,15-18H2,1-3H3,(H,26,29)/t19-,25+/m0/s1. The Balaban J connectivity index is 1.61. The van der Waals surface area contributed by atoms with Crippen molar-refractivity contribution < 1.29 is 19.1 Å². The maximum absolute atomic E-state index is 13.3. The number of hydrogen-bond acceptors (Lipinski definition) is 5. The zero-order valence-corrected chi connectivity index (χ0v) is 18.6. The summed E-state index contributed by atoms with van der Waals surface area (Å²) in [5, 5.41) is 3.17. The SMILES string of the molecule is COC(=O)c1ccc([C@H](C)NC(=O)[C@@]2(C)CCCCN2CCOc2ccccc2)cc1. The molecule has 0 bridgehead atoms. The molecular formula is C25H32N2O4. The predicted octanol–water partition coefficient (Wildman–Crippen LogP) is 3.97. The molecule has 1 N–H and O–H groups in total. The number of amides is 1. The van der Waals surface area contributed by atoms with Gasteiger partial charge in [0, 0.05) is 6.54 Å². The van der Waals surface area contributed by atoms with Crippen LogP contribution in [0, 0.1) is 0 Å². The van der Waals surface area contributed by atoms with Gasteiger partial charge in [-0.2, -0.15) is 0 Å². The second-order valence-corrected chi connectivity index (χ2v) is 8.19. The van der Waals surface area contributed by atoms with Crippen molar-refractivity contribution in [2.75, 3.05) is 26.8 Å². The highest BCUT2D eigenvalue weighted by Crippen LogP contribution is 2.29. The van der Waals surface area contributed by atoms with Gasteiger partial charge in [0.1, 0.15) is 12.4 Å². The summed E-state index contributed by atoms with van der Waals surface area (Å²) in [4.78, 5) is 27.2. The second-order valence-electron chi connectivity index (χ2n) is 8.19. The molecule has 0 unspecified atom stereocenters. The molecule has 1 saturated heterocycles. The van der Waals surface area contributed by atoms with E-state index in [9.17, 15) is 9.59 Å². The molecule has 6 heteroatoms. The number of nitrogens with zero attached hydrogens (tertiary/aromatic N) is 1. The van der Waals surface area contributed by atoms with Crippen molar-refractivity contribution in [3.8, 4) is 5.75 Å². The summed E-state index contributed by atoms with van der Waals surface area (Å²) in [6.07, 6.45) is 2.93. The molecule has 2 aromatic carbocycles. The number of carbonyl (C=O) groups is 2. The Kier molecular flexibility index (Phi) is 7.69. The van der Waals surface area contributed by atoms with Crippen molar-refractivity contribution in [3.63, 3.8) is 0 Å². The van der Waals surface area contributed by atoms with Crippen molar-refractivity contribution in [1.82, 2.24) is 10.2 Å². The first-order valence-corrected chi connectivity index (χ1v) is 10.9. The van der Waals surface area contributed by atoms with Gasteiger partial charge in [0.05, 0.1) is 24.3 Å². The Bertz CT molecular complexity index is 869. The van der Waals surface area contributed by atoms with E-state index in [1.54, 1.807) is 12.1 Å². The lowest BCUT2D eigenvalue weighted by molar-refractivity contribution is -0.136. The fourth-order valence-corrected chi connectivity index (χ4v) is 4.04. The van der Waals surface area contributed by atoms with Gasteiger partial charge in [-0.25, -0.2) is 4.79 Å². The normalized spacial score (nSPS) is 20.0. The molecule has 2 atom stereocenters. The Morgan fingerprint density at radius 1 is 1.10 bits per heavy atom. The molecule has 3 rings (SSSR count). The van der Waals surface area contributed by atoms with Gasteiger partial charge in [0.15, 0.2) is 0 Å². The number of likely N-dealkylation sites (tertiary alicyclic amines) is 1. The van der Waals surface area contributed by atoms with Crippen LogP contribution in [0.5, 0.6) is 5.75 Å². The van der Waals surface area contributed by atoms with Crippen LogP contribution < -0.4 is 10.1 Å². The van der Waals surface area contributed by atoms with Crippen LogP contribution in [0.2, 0.25) is 0 Å². The zero-order valence-electron chi connectivity index (χ0n) is 18.6. The molecule has 166 valence electrons. The highest BCUT2D eigenvalue weighted by atomic mass is 16.5. The fraction of sp³-hybridized carbons (Fsp3) is 0.440. The van der Waals surface area contributed by atoms with Gasteiger partial charge in [-0.1, -0.05) is 30.3 Å². The van der Waals surface area contributed by atoms with E-state index >= 15 is 0 Å². The maximum atomic E-state index is 13.3. The molecule has 0 aliphatic carbocycles. The number of nitrogens with one attached hydrogen (secondary N) is 1. The summed E-state index contributed by atoms with van der Waals surface area (Å²) in [5.74, 6) is 0.498. The largest absolute Gasteiger partial charge is 0.492 e. The highest BCUT2D eigenvalue weighted by Gasteiger charge is 2.41. The first-order valence-electron chi connectivity index (χ1n) is 10.9. The topological polar surface area (TPSA) is 67.9 Å². The summed E-state index contributed by atoms with van der Waals surface area (Å²) < 4.78 is 10.6. The minimum absolute atomic E-state index is 0.0245. The third kappa shape index (κ3) is 5.64. The highest BCUT2D eigenvalue weighted by molar-refractivity contribution is 5.89. The number of benzene rings is 2. The summed E-state index contributed by atoms with van der Waals surface area (Å²) in [6.45, 7) is 6.10. The Hall–Kier alpha value is -2.86. The second kappa shape index (κ2) is 10.4. The van der Waals surface area contributed by atoms with Gasteiger partial charge in [0.25, 0.3) is 0 Å². The number of rotatable bonds is 8. The number of ether oxygens (including phenoxy) is 2. The summed E-state index contributed by atoms with van der Waals surface area (Å²) in [7, 11) is 1.36.